The zero-order chi connectivity index (χ0) is 10.6. The van der Waals surface area contributed by atoms with Gasteiger partial charge in [0, 0.05) is 19.8 Å². The second-order valence-corrected chi connectivity index (χ2v) is 3.71. The number of esters is 1. The molecule has 0 aromatic rings. The fourth-order valence-electron chi connectivity index (χ4n) is 1.94. The largest absolute Gasteiger partial charge is 0.451 e. The average Bonchev–Trinajstić information content (AvgIpc) is 2.09. The molecule has 3 nitrogen and oxygen atoms in total. The van der Waals surface area contributed by atoms with Gasteiger partial charge in [-0.3, -0.25) is 9.59 Å². The summed E-state index contributed by atoms with van der Waals surface area (Å²) in [5, 5.41) is 0. The number of carbonyl (C=O) groups excluding carboxylic acids is 2. The molecule has 1 saturated carbocycles. The van der Waals surface area contributed by atoms with Gasteiger partial charge < -0.3 is 4.74 Å². The number of Topliss-reactive ketones (excluding diaryl/α,β-unsaturated/α-hetero) is 1. The van der Waals surface area contributed by atoms with E-state index in [-0.39, 0.29) is 11.8 Å². The third-order valence-electron chi connectivity index (χ3n) is 2.56. The summed E-state index contributed by atoms with van der Waals surface area (Å²) in [5.74, 6) is -0.346. The smallest absolute Gasteiger partial charge is 0.303 e. The topological polar surface area (TPSA) is 43.4 Å². The van der Waals surface area contributed by atoms with Crippen LogP contribution in [0.5, 0.6) is 0 Å². The Morgan fingerprint density at radius 2 is 2.36 bits per heavy atom. The minimum absolute atomic E-state index is 0.0406. The maximum Gasteiger partial charge on any atom is 0.303 e. The van der Waals surface area contributed by atoms with Crippen LogP contribution in [0, 0.1) is 0 Å². The normalized spacial score (nSPS) is 27.1. The molecule has 1 fully saturated rings. The number of ketones is 1. The van der Waals surface area contributed by atoms with E-state index < -0.39 is 5.60 Å². The van der Waals surface area contributed by atoms with Gasteiger partial charge in [-0.2, -0.15) is 0 Å². The molecule has 0 aliphatic heterocycles. The zero-order valence-electron chi connectivity index (χ0n) is 8.54. The van der Waals surface area contributed by atoms with Crippen LogP contribution in [0.4, 0.5) is 0 Å². The third-order valence-corrected chi connectivity index (χ3v) is 2.56. The van der Waals surface area contributed by atoms with Crippen molar-refractivity contribution in [3.63, 3.8) is 0 Å². The lowest BCUT2D eigenvalue weighted by Crippen LogP contribution is -2.44. The van der Waals surface area contributed by atoms with E-state index in [0.29, 0.717) is 19.3 Å². The molecule has 0 aromatic heterocycles. The van der Waals surface area contributed by atoms with Gasteiger partial charge in [-0.1, -0.05) is 6.08 Å². The second-order valence-electron chi connectivity index (χ2n) is 3.71. The van der Waals surface area contributed by atoms with E-state index in [1.54, 1.807) is 6.08 Å². The molecule has 14 heavy (non-hydrogen) atoms. The van der Waals surface area contributed by atoms with E-state index in [9.17, 15) is 9.59 Å². The van der Waals surface area contributed by atoms with Crippen LogP contribution in [0.2, 0.25) is 0 Å². The Morgan fingerprint density at radius 3 is 2.86 bits per heavy atom. The van der Waals surface area contributed by atoms with Crippen molar-refractivity contribution in [1.29, 1.82) is 0 Å². The number of ether oxygens (including phenoxy) is 1. The molecule has 1 aliphatic rings. The monoisotopic (exact) mass is 196 g/mol. The average molecular weight is 196 g/mol. The first-order valence-electron chi connectivity index (χ1n) is 4.94. The Bertz CT molecular complexity index is 257. The van der Waals surface area contributed by atoms with Crippen molar-refractivity contribution >= 4 is 11.8 Å². The van der Waals surface area contributed by atoms with E-state index >= 15 is 0 Å². The summed E-state index contributed by atoms with van der Waals surface area (Å²) in [5.41, 5.74) is -0.897. The number of carbonyl (C=O) groups is 2. The molecular weight excluding hydrogens is 180 g/mol. The molecule has 1 atom stereocenters. The van der Waals surface area contributed by atoms with E-state index in [1.165, 1.54) is 6.92 Å². The van der Waals surface area contributed by atoms with Crippen molar-refractivity contribution in [2.75, 3.05) is 0 Å². The molecule has 78 valence electrons. The third kappa shape index (κ3) is 2.22. The van der Waals surface area contributed by atoms with Crippen molar-refractivity contribution in [2.45, 2.75) is 44.6 Å². The SMILES string of the molecule is C=CCC1(OC(C)=O)CCCCC1=O. The Kier molecular flexibility index (Phi) is 3.44. The molecule has 0 bridgehead atoms. The molecule has 0 saturated heterocycles. The van der Waals surface area contributed by atoms with Gasteiger partial charge in [0.25, 0.3) is 0 Å². The number of rotatable bonds is 3. The molecule has 0 amide bonds. The van der Waals surface area contributed by atoms with Crippen LogP contribution in [-0.2, 0) is 14.3 Å². The Morgan fingerprint density at radius 1 is 1.64 bits per heavy atom. The molecule has 0 spiro atoms. The highest BCUT2D eigenvalue weighted by atomic mass is 16.6. The van der Waals surface area contributed by atoms with Crippen LogP contribution in [0.1, 0.15) is 39.0 Å². The van der Waals surface area contributed by atoms with Gasteiger partial charge in [-0.25, -0.2) is 0 Å². The van der Waals surface area contributed by atoms with E-state index in [1.807, 2.05) is 0 Å². The molecule has 0 radical (unpaired) electrons. The van der Waals surface area contributed by atoms with Crippen LogP contribution in [0.3, 0.4) is 0 Å². The lowest BCUT2D eigenvalue weighted by Gasteiger charge is -2.33. The summed E-state index contributed by atoms with van der Waals surface area (Å²) < 4.78 is 5.17. The van der Waals surface area contributed by atoms with Crippen molar-refractivity contribution in [3.05, 3.63) is 12.7 Å². The molecule has 3 heteroatoms. The minimum atomic E-state index is -0.897. The van der Waals surface area contributed by atoms with Gasteiger partial charge in [-0.15, -0.1) is 6.58 Å². The molecular formula is C11H16O3. The predicted octanol–water partition coefficient (Wildman–Crippen LogP) is 2.01. The van der Waals surface area contributed by atoms with Crippen molar-refractivity contribution < 1.29 is 14.3 Å². The molecule has 0 N–H and O–H groups in total. The van der Waals surface area contributed by atoms with Gasteiger partial charge in [0.05, 0.1) is 0 Å². The summed E-state index contributed by atoms with van der Waals surface area (Å²) in [6.45, 7) is 4.94. The molecule has 1 unspecified atom stereocenters. The molecule has 1 rings (SSSR count). The second kappa shape index (κ2) is 4.40. The highest BCUT2D eigenvalue weighted by Crippen LogP contribution is 2.32. The molecule has 0 aromatic carbocycles. The van der Waals surface area contributed by atoms with Crippen LogP contribution in [-0.4, -0.2) is 17.4 Å². The summed E-state index contributed by atoms with van der Waals surface area (Å²) in [7, 11) is 0. The Labute approximate surface area is 84.1 Å². The van der Waals surface area contributed by atoms with Crippen LogP contribution >= 0.6 is 0 Å². The van der Waals surface area contributed by atoms with E-state index in [4.69, 9.17) is 4.74 Å². The van der Waals surface area contributed by atoms with Gasteiger partial charge in [0.15, 0.2) is 11.4 Å². The lowest BCUT2D eigenvalue weighted by atomic mass is 9.81. The van der Waals surface area contributed by atoms with Gasteiger partial charge in [0.2, 0.25) is 0 Å². The highest BCUT2D eigenvalue weighted by molar-refractivity contribution is 5.90. The van der Waals surface area contributed by atoms with Crippen molar-refractivity contribution in [2.24, 2.45) is 0 Å². The first-order valence-corrected chi connectivity index (χ1v) is 4.94. The quantitative estimate of drug-likeness (QED) is 0.512. The van der Waals surface area contributed by atoms with Gasteiger partial charge in [0.1, 0.15) is 0 Å². The maximum atomic E-state index is 11.7. The summed E-state index contributed by atoms with van der Waals surface area (Å²) >= 11 is 0. The standard InChI is InChI=1S/C11H16O3/c1-3-7-11(14-9(2)12)8-5-4-6-10(11)13/h3H,1,4-8H2,2H3. The van der Waals surface area contributed by atoms with Crippen LogP contribution in [0.15, 0.2) is 12.7 Å². The fourth-order valence-corrected chi connectivity index (χ4v) is 1.94. The Balaban J connectivity index is 2.82. The summed E-state index contributed by atoms with van der Waals surface area (Å²) in [4.78, 5) is 22.6. The van der Waals surface area contributed by atoms with Gasteiger partial charge >= 0.3 is 5.97 Å². The number of hydrogen-bond donors (Lipinski definition) is 0. The number of hydrogen-bond acceptors (Lipinski definition) is 3. The maximum absolute atomic E-state index is 11.7. The van der Waals surface area contributed by atoms with Crippen molar-refractivity contribution in [3.8, 4) is 0 Å². The van der Waals surface area contributed by atoms with E-state index in [2.05, 4.69) is 6.58 Å². The summed E-state index contributed by atoms with van der Waals surface area (Å²) in [6, 6.07) is 0. The predicted molar refractivity (Wildman–Crippen MR) is 52.8 cm³/mol. The fraction of sp³-hybridized carbons (Fsp3) is 0.636. The van der Waals surface area contributed by atoms with Crippen molar-refractivity contribution in [1.82, 2.24) is 0 Å². The summed E-state index contributed by atoms with van der Waals surface area (Å²) in [6.07, 6.45) is 5.07. The highest BCUT2D eigenvalue weighted by Gasteiger charge is 2.41. The van der Waals surface area contributed by atoms with Gasteiger partial charge in [-0.05, 0) is 19.3 Å². The lowest BCUT2D eigenvalue weighted by molar-refractivity contribution is -0.168. The van der Waals surface area contributed by atoms with E-state index in [0.717, 1.165) is 12.8 Å². The minimum Gasteiger partial charge on any atom is -0.451 e. The first kappa shape index (κ1) is 11.0. The first-order chi connectivity index (χ1) is 6.60. The van der Waals surface area contributed by atoms with Crippen LogP contribution in [0.25, 0.3) is 0 Å². The zero-order valence-corrected chi connectivity index (χ0v) is 8.54. The van der Waals surface area contributed by atoms with Crippen LogP contribution < -0.4 is 0 Å². The molecule has 1 aliphatic carbocycles. The Hall–Kier alpha value is -1.12. The molecule has 0 heterocycles.